The Morgan fingerprint density at radius 3 is 2.67 bits per heavy atom. The van der Waals surface area contributed by atoms with Crippen molar-refractivity contribution in [2.24, 2.45) is 11.8 Å². The number of anilines is 1. The number of nitrogens with zero attached hydrogens (tertiary/aromatic N) is 1. The number of nitrogen functional groups attached to an aromatic ring is 1. The number of benzene rings is 1. The minimum absolute atomic E-state index is 0.126. The SMILES string of the molecule is CCC1CCC(C(=O)c2cc(N)c3ccccc3n2)CC1. The molecule has 1 aromatic heterocycles. The Balaban J connectivity index is 1.85. The van der Waals surface area contributed by atoms with Crippen LogP contribution < -0.4 is 5.73 Å². The number of rotatable bonds is 3. The van der Waals surface area contributed by atoms with Crippen LogP contribution in [-0.2, 0) is 0 Å². The summed E-state index contributed by atoms with van der Waals surface area (Å²) < 4.78 is 0. The summed E-state index contributed by atoms with van der Waals surface area (Å²) >= 11 is 0. The summed E-state index contributed by atoms with van der Waals surface area (Å²) in [6.07, 6.45) is 5.53. The minimum Gasteiger partial charge on any atom is -0.398 e. The molecule has 3 heteroatoms. The van der Waals surface area contributed by atoms with Gasteiger partial charge >= 0.3 is 0 Å². The molecule has 21 heavy (non-hydrogen) atoms. The van der Waals surface area contributed by atoms with Crippen molar-refractivity contribution in [1.82, 2.24) is 4.98 Å². The number of hydrogen-bond donors (Lipinski definition) is 1. The number of nitrogens with two attached hydrogens (primary N) is 1. The highest BCUT2D eigenvalue weighted by Gasteiger charge is 2.27. The van der Waals surface area contributed by atoms with Crippen LogP contribution in [0.5, 0.6) is 0 Å². The smallest absolute Gasteiger partial charge is 0.184 e. The van der Waals surface area contributed by atoms with E-state index < -0.39 is 0 Å². The highest BCUT2D eigenvalue weighted by Crippen LogP contribution is 2.33. The number of Topliss-reactive ketones (excluding diaryl/α,β-unsaturated/α-hetero) is 1. The van der Waals surface area contributed by atoms with E-state index in [9.17, 15) is 4.79 Å². The number of fused-ring (bicyclic) bond motifs is 1. The summed E-state index contributed by atoms with van der Waals surface area (Å²) in [7, 11) is 0. The van der Waals surface area contributed by atoms with Crippen molar-refractivity contribution in [3.05, 3.63) is 36.0 Å². The van der Waals surface area contributed by atoms with E-state index in [0.29, 0.717) is 11.4 Å². The molecular formula is C18H22N2O. The first kappa shape index (κ1) is 14.1. The van der Waals surface area contributed by atoms with E-state index in [4.69, 9.17) is 5.73 Å². The Kier molecular flexibility index (Phi) is 3.91. The topological polar surface area (TPSA) is 56.0 Å². The maximum Gasteiger partial charge on any atom is 0.184 e. The van der Waals surface area contributed by atoms with E-state index in [1.54, 1.807) is 6.07 Å². The summed E-state index contributed by atoms with van der Waals surface area (Å²) in [6.45, 7) is 2.23. The van der Waals surface area contributed by atoms with Crippen molar-refractivity contribution in [2.75, 3.05) is 5.73 Å². The molecule has 0 atom stereocenters. The lowest BCUT2D eigenvalue weighted by atomic mass is 9.78. The molecule has 3 nitrogen and oxygen atoms in total. The van der Waals surface area contributed by atoms with Gasteiger partial charge in [0.25, 0.3) is 0 Å². The molecule has 3 rings (SSSR count). The molecule has 1 aliphatic carbocycles. The zero-order valence-corrected chi connectivity index (χ0v) is 12.5. The molecule has 1 aliphatic rings. The fourth-order valence-corrected chi connectivity index (χ4v) is 3.37. The molecule has 1 saturated carbocycles. The zero-order valence-electron chi connectivity index (χ0n) is 12.5. The van der Waals surface area contributed by atoms with E-state index in [-0.39, 0.29) is 11.7 Å². The Bertz CT molecular complexity index is 657. The molecule has 0 radical (unpaired) electrons. The van der Waals surface area contributed by atoms with Gasteiger partial charge in [-0.1, -0.05) is 31.5 Å². The number of carbonyl (C=O) groups is 1. The van der Waals surface area contributed by atoms with Gasteiger partial charge in [-0.2, -0.15) is 0 Å². The molecule has 0 spiro atoms. The van der Waals surface area contributed by atoms with Crippen molar-refractivity contribution in [3.8, 4) is 0 Å². The van der Waals surface area contributed by atoms with Crippen molar-refractivity contribution in [3.63, 3.8) is 0 Å². The van der Waals surface area contributed by atoms with Crippen LogP contribution in [0, 0.1) is 11.8 Å². The predicted octanol–water partition coefficient (Wildman–Crippen LogP) is 4.22. The van der Waals surface area contributed by atoms with Gasteiger partial charge in [0.2, 0.25) is 0 Å². The molecule has 2 aromatic rings. The lowest BCUT2D eigenvalue weighted by molar-refractivity contribution is 0.0866. The summed E-state index contributed by atoms with van der Waals surface area (Å²) in [4.78, 5) is 17.2. The standard InChI is InChI=1S/C18H22N2O/c1-2-12-7-9-13(10-8-12)18(21)17-11-15(19)14-5-3-4-6-16(14)20-17/h3-6,11-13H,2,7-10H2,1H3,(H2,19,20). The first-order valence-electron chi connectivity index (χ1n) is 7.88. The Hall–Kier alpha value is -1.90. The summed E-state index contributed by atoms with van der Waals surface area (Å²) in [6, 6.07) is 9.47. The first-order valence-corrected chi connectivity index (χ1v) is 7.88. The molecule has 1 fully saturated rings. The maximum atomic E-state index is 12.7. The van der Waals surface area contributed by atoms with Crippen molar-refractivity contribution >= 4 is 22.4 Å². The molecule has 2 N–H and O–H groups in total. The molecule has 0 aliphatic heterocycles. The van der Waals surface area contributed by atoms with Crippen LogP contribution in [-0.4, -0.2) is 10.8 Å². The lowest BCUT2D eigenvalue weighted by Crippen LogP contribution is -2.22. The average Bonchev–Trinajstić information content (AvgIpc) is 2.54. The normalized spacial score (nSPS) is 22.3. The van der Waals surface area contributed by atoms with Crippen LogP contribution in [0.1, 0.15) is 49.5 Å². The van der Waals surface area contributed by atoms with E-state index in [1.807, 2.05) is 24.3 Å². The van der Waals surface area contributed by atoms with E-state index in [1.165, 1.54) is 6.42 Å². The number of carbonyl (C=O) groups excluding carboxylic acids is 1. The fourth-order valence-electron chi connectivity index (χ4n) is 3.37. The van der Waals surface area contributed by atoms with Crippen LogP contribution in [0.3, 0.4) is 0 Å². The van der Waals surface area contributed by atoms with E-state index >= 15 is 0 Å². The quantitative estimate of drug-likeness (QED) is 0.858. The molecular weight excluding hydrogens is 260 g/mol. The van der Waals surface area contributed by atoms with Crippen LogP contribution in [0.25, 0.3) is 10.9 Å². The second kappa shape index (κ2) is 5.84. The third kappa shape index (κ3) is 2.78. The minimum atomic E-state index is 0.126. The average molecular weight is 282 g/mol. The third-order valence-corrected chi connectivity index (χ3v) is 4.80. The monoisotopic (exact) mass is 282 g/mol. The zero-order chi connectivity index (χ0) is 14.8. The number of hydrogen-bond acceptors (Lipinski definition) is 3. The molecule has 0 saturated heterocycles. The Labute approximate surface area is 125 Å². The fraction of sp³-hybridized carbons (Fsp3) is 0.444. The van der Waals surface area contributed by atoms with Crippen molar-refractivity contribution in [2.45, 2.75) is 39.0 Å². The highest BCUT2D eigenvalue weighted by atomic mass is 16.1. The lowest BCUT2D eigenvalue weighted by Gasteiger charge is -2.26. The van der Waals surface area contributed by atoms with Gasteiger partial charge in [0.05, 0.1) is 5.52 Å². The molecule has 1 heterocycles. The number of ketones is 1. The number of pyridine rings is 1. The van der Waals surface area contributed by atoms with Gasteiger partial charge in [0.15, 0.2) is 5.78 Å². The molecule has 0 unspecified atom stereocenters. The summed E-state index contributed by atoms with van der Waals surface area (Å²) in [5.41, 5.74) is 8.06. The van der Waals surface area contributed by atoms with Crippen LogP contribution in [0.4, 0.5) is 5.69 Å². The maximum absolute atomic E-state index is 12.7. The molecule has 0 bridgehead atoms. The van der Waals surface area contributed by atoms with Gasteiger partial charge in [-0.15, -0.1) is 0 Å². The van der Waals surface area contributed by atoms with Gasteiger partial charge in [0, 0.05) is 17.0 Å². The van der Waals surface area contributed by atoms with Crippen molar-refractivity contribution < 1.29 is 4.79 Å². The highest BCUT2D eigenvalue weighted by molar-refractivity contribution is 6.01. The largest absolute Gasteiger partial charge is 0.398 e. The van der Waals surface area contributed by atoms with Gasteiger partial charge in [0.1, 0.15) is 5.69 Å². The third-order valence-electron chi connectivity index (χ3n) is 4.80. The Morgan fingerprint density at radius 2 is 1.95 bits per heavy atom. The number of aromatic nitrogens is 1. The van der Waals surface area contributed by atoms with Crippen LogP contribution in [0.15, 0.2) is 30.3 Å². The second-order valence-electron chi connectivity index (χ2n) is 6.10. The predicted molar refractivity (Wildman–Crippen MR) is 86.2 cm³/mol. The summed E-state index contributed by atoms with van der Waals surface area (Å²) in [5.74, 6) is 1.09. The van der Waals surface area contributed by atoms with E-state index in [0.717, 1.165) is 42.5 Å². The van der Waals surface area contributed by atoms with Gasteiger partial charge in [-0.3, -0.25) is 4.79 Å². The summed E-state index contributed by atoms with van der Waals surface area (Å²) in [5, 5.41) is 0.920. The molecule has 110 valence electrons. The van der Waals surface area contributed by atoms with Gasteiger partial charge in [-0.25, -0.2) is 4.98 Å². The van der Waals surface area contributed by atoms with E-state index in [2.05, 4.69) is 11.9 Å². The Morgan fingerprint density at radius 1 is 1.24 bits per heavy atom. The molecule has 0 amide bonds. The molecule has 1 aromatic carbocycles. The van der Waals surface area contributed by atoms with Crippen LogP contribution >= 0.6 is 0 Å². The van der Waals surface area contributed by atoms with Gasteiger partial charge < -0.3 is 5.73 Å². The number of para-hydroxylation sites is 1. The van der Waals surface area contributed by atoms with Gasteiger partial charge in [-0.05, 0) is 43.7 Å². The first-order chi connectivity index (χ1) is 10.2. The second-order valence-corrected chi connectivity index (χ2v) is 6.10. The van der Waals surface area contributed by atoms with Crippen molar-refractivity contribution in [1.29, 1.82) is 0 Å². The van der Waals surface area contributed by atoms with Crippen LogP contribution in [0.2, 0.25) is 0 Å².